The highest BCUT2D eigenvalue weighted by Gasteiger charge is 2.28. The molecule has 0 aromatic carbocycles. The lowest BCUT2D eigenvalue weighted by molar-refractivity contribution is -0.590. The lowest BCUT2D eigenvalue weighted by Gasteiger charge is -2.17. The average molecular weight is 238 g/mol. The summed E-state index contributed by atoms with van der Waals surface area (Å²) in [6.07, 6.45) is 1.39. The Kier molecular flexibility index (Phi) is 3.60. The Labute approximate surface area is 101 Å². The standard InChI is InChI=1S/C12H18N2O3/c1-8-6-9(17-5)10(14(16)7-8)13-11(15)12(2,3)4/h6-7H,1-5H3,(H,13,15). The highest BCUT2D eigenvalue weighted by atomic mass is 16.5. The second-order valence-corrected chi connectivity index (χ2v) is 4.96. The van der Waals surface area contributed by atoms with Crippen molar-refractivity contribution in [1.82, 2.24) is 0 Å². The van der Waals surface area contributed by atoms with Gasteiger partial charge in [0.1, 0.15) is 0 Å². The SMILES string of the molecule is COc1cc(C)c[n+]([O-])c1NC(=O)C(C)(C)C. The number of methoxy groups -OCH3 is 1. The van der Waals surface area contributed by atoms with Gasteiger partial charge in [0.25, 0.3) is 0 Å². The van der Waals surface area contributed by atoms with Gasteiger partial charge in [0.05, 0.1) is 18.7 Å². The molecule has 94 valence electrons. The fourth-order valence-corrected chi connectivity index (χ4v) is 1.24. The number of rotatable bonds is 2. The van der Waals surface area contributed by atoms with Gasteiger partial charge in [-0.3, -0.25) is 0 Å². The number of hydrogen-bond donors (Lipinski definition) is 1. The van der Waals surface area contributed by atoms with Crippen molar-refractivity contribution in [3.63, 3.8) is 0 Å². The summed E-state index contributed by atoms with van der Waals surface area (Å²) in [5.74, 6) is 0.250. The van der Waals surface area contributed by atoms with Crippen LogP contribution in [0, 0.1) is 17.5 Å². The molecule has 5 heteroatoms. The minimum absolute atomic E-state index is 0.123. The van der Waals surface area contributed by atoms with Crippen LogP contribution in [0.4, 0.5) is 5.82 Å². The van der Waals surface area contributed by atoms with Gasteiger partial charge in [-0.05, 0) is 39.3 Å². The molecule has 1 amide bonds. The summed E-state index contributed by atoms with van der Waals surface area (Å²) in [5.41, 5.74) is 0.203. The zero-order chi connectivity index (χ0) is 13.2. The van der Waals surface area contributed by atoms with Crippen molar-refractivity contribution >= 4 is 11.7 Å². The zero-order valence-electron chi connectivity index (χ0n) is 10.8. The molecule has 0 atom stereocenters. The third kappa shape index (κ3) is 3.09. The quantitative estimate of drug-likeness (QED) is 0.629. The first kappa shape index (κ1) is 13.3. The van der Waals surface area contributed by atoms with Crippen molar-refractivity contribution in [2.45, 2.75) is 27.7 Å². The Hall–Kier alpha value is -1.78. The van der Waals surface area contributed by atoms with E-state index in [4.69, 9.17) is 4.74 Å². The van der Waals surface area contributed by atoms with Gasteiger partial charge in [-0.25, -0.2) is 14.8 Å². The molecule has 0 aliphatic rings. The second kappa shape index (κ2) is 4.61. The highest BCUT2D eigenvalue weighted by Crippen LogP contribution is 2.23. The fraction of sp³-hybridized carbons (Fsp3) is 0.500. The van der Waals surface area contributed by atoms with E-state index >= 15 is 0 Å². The van der Waals surface area contributed by atoms with Crippen molar-refractivity contribution in [2.75, 3.05) is 12.4 Å². The van der Waals surface area contributed by atoms with E-state index in [0.29, 0.717) is 10.5 Å². The molecule has 0 fully saturated rings. The summed E-state index contributed by atoms with van der Waals surface area (Å²) in [5, 5.41) is 14.3. The normalized spacial score (nSPS) is 11.1. The smallest absolute Gasteiger partial charge is 0.327 e. The van der Waals surface area contributed by atoms with Gasteiger partial charge >= 0.3 is 11.7 Å². The fourth-order valence-electron chi connectivity index (χ4n) is 1.24. The lowest BCUT2D eigenvalue weighted by atomic mass is 9.96. The first-order valence-electron chi connectivity index (χ1n) is 5.35. The van der Waals surface area contributed by atoms with E-state index in [1.165, 1.54) is 13.3 Å². The molecule has 0 saturated heterocycles. The molecular formula is C12H18N2O3. The number of nitrogens with one attached hydrogen (secondary N) is 1. The van der Waals surface area contributed by atoms with Crippen molar-refractivity contribution in [2.24, 2.45) is 5.41 Å². The molecule has 5 nitrogen and oxygen atoms in total. The highest BCUT2D eigenvalue weighted by molar-refractivity contribution is 5.94. The number of pyridine rings is 1. The number of nitrogens with zero attached hydrogens (tertiary/aromatic N) is 1. The summed E-state index contributed by atoms with van der Waals surface area (Å²) in [6.45, 7) is 7.11. The van der Waals surface area contributed by atoms with Crippen LogP contribution >= 0.6 is 0 Å². The molecule has 0 aliphatic carbocycles. The number of aromatic nitrogens is 1. The Morgan fingerprint density at radius 2 is 2.06 bits per heavy atom. The molecule has 0 saturated carbocycles. The number of anilines is 1. The van der Waals surface area contributed by atoms with E-state index in [0.717, 1.165) is 5.56 Å². The van der Waals surface area contributed by atoms with Crippen LogP contribution in [0.25, 0.3) is 0 Å². The molecule has 0 unspecified atom stereocenters. The predicted octanol–water partition coefficient (Wildman–Crippen LogP) is 1.62. The van der Waals surface area contributed by atoms with Gasteiger partial charge in [-0.1, -0.05) is 0 Å². The van der Waals surface area contributed by atoms with E-state index in [-0.39, 0.29) is 11.7 Å². The molecule has 1 rings (SSSR count). The summed E-state index contributed by atoms with van der Waals surface area (Å²) in [6, 6.07) is 1.70. The van der Waals surface area contributed by atoms with Gasteiger partial charge in [-0.2, -0.15) is 0 Å². The van der Waals surface area contributed by atoms with Crippen LogP contribution in [0.3, 0.4) is 0 Å². The maximum atomic E-state index is 11.8. The molecule has 0 spiro atoms. The molecule has 1 aromatic heterocycles. The lowest BCUT2D eigenvalue weighted by Crippen LogP contribution is -2.37. The summed E-state index contributed by atoms with van der Waals surface area (Å²) in [7, 11) is 1.46. The van der Waals surface area contributed by atoms with Gasteiger partial charge in [-0.15, -0.1) is 0 Å². The molecule has 1 aromatic rings. The van der Waals surface area contributed by atoms with Crippen molar-refractivity contribution < 1.29 is 14.3 Å². The van der Waals surface area contributed by atoms with Gasteiger partial charge < -0.3 is 9.94 Å². The number of amides is 1. The maximum Gasteiger partial charge on any atom is 0.327 e. The average Bonchev–Trinajstić information content (AvgIpc) is 2.19. The van der Waals surface area contributed by atoms with Crippen LogP contribution in [-0.4, -0.2) is 13.0 Å². The Bertz CT molecular complexity index is 436. The molecule has 1 N–H and O–H groups in total. The topological polar surface area (TPSA) is 65.3 Å². The van der Waals surface area contributed by atoms with Crippen LogP contribution in [0.5, 0.6) is 5.75 Å². The van der Waals surface area contributed by atoms with Gasteiger partial charge in [0, 0.05) is 0 Å². The van der Waals surface area contributed by atoms with Crippen LogP contribution in [-0.2, 0) is 4.79 Å². The van der Waals surface area contributed by atoms with Gasteiger partial charge in [0.15, 0.2) is 0 Å². The monoisotopic (exact) mass is 238 g/mol. The Morgan fingerprint density at radius 1 is 1.47 bits per heavy atom. The largest absolute Gasteiger partial charge is 0.710 e. The molecule has 17 heavy (non-hydrogen) atoms. The van der Waals surface area contributed by atoms with Crippen LogP contribution in [0.1, 0.15) is 26.3 Å². The molecule has 1 heterocycles. The molecule has 0 bridgehead atoms. The summed E-state index contributed by atoms with van der Waals surface area (Å²) < 4.78 is 5.69. The van der Waals surface area contributed by atoms with Crippen molar-refractivity contribution in [3.8, 4) is 5.75 Å². The van der Waals surface area contributed by atoms with E-state index in [9.17, 15) is 10.0 Å². The van der Waals surface area contributed by atoms with Crippen molar-refractivity contribution in [1.29, 1.82) is 0 Å². The van der Waals surface area contributed by atoms with Gasteiger partial charge in [0.2, 0.25) is 5.75 Å². The number of carbonyl (C=O) groups is 1. The van der Waals surface area contributed by atoms with Crippen LogP contribution < -0.4 is 14.8 Å². The number of aryl methyl sites for hydroxylation is 1. The molecule has 0 aliphatic heterocycles. The maximum absolute atomic E-state index is 11.8. The predicted molar refractivity (Wildman–Crippen MR) is 64.8 cm³/mol. The zero-order valence-corrected chi connectivity index (χ0v) is 10.8. The van der Waals surface area contributed by atoms with E-state index in [1.807, 2.05) is 0 Å². The summed E-state index contributed by atoms with van der Waals surface area (Å²) >= 11 is 0. The van der Waals surface area contributed by atoms with Crippen molar-refractivity contribution in [3.05, 3.63) is 23.0 Å². The Morgan fingerprint density at radius 3 is 2.53 bits per heavy atom. The minimum Gasteiger partial charge on any atom is -0.710 e. The number of hydrogen-bond acceptors (Lipinski definition) is 3. The Balaban J connectivity index is 3.10. The van der Waals surface area contributed by atoms with Crippen LogP contribution in [0.2, 0.25) is 0 Å². The van der Waals surface area contributed by atoms with E-state index in [2.05, 4.69) is 5.32 Å². The summed E-state index contributed by atoms with van der Waals surface area (Å²) in [4.78, 5) is 11.8. The minimum atomic E-state index is -0.567. The number of carbonyl (C=O) groups excluding carboxylic acids is 1. The molecular weight excluding hydrogens is 220 g/mol. The molecule has 0 radical (unpaired) electrons. The van der Waals surface area contributed by atoms with Crippen LogP contribution in [0.15, 0.2) is 12.3 Å². The first-order chi connectivity index (χ1) is 7.75. The van der Waals surface area contributed by atoms with E-state index in [1.54, 1.807) is 33.8 Å². The first-order valence-corrected chi connectivity index (χ1v) is 5.35. The second-order valence-electron chi connectivity index (χ2n) is 4.96. The third-order valence-corrected chi connectivity index (χ3v) is 2.27. The van der Waals surface area contributed by atoms with E-state index < -0.39 is 5.41 Å². The third-order valence-electron chi connectivity index (χ3n) is 2.27. The number of ether oxygens (including phenoxy) is 1.